The molecule has 3 aromatic heterocycles. The molecule has 0 amide bonds. The van der Waals surface area contributed by atoms with Crippen LogP contribution in [0.2, 0.25) is 0 Å². The molecule has 9 nitrogen and oxygen atoms in total. The van der Waals surface area contributed by atoms with Gasteiger partial charge in [-0.1, -0.05) is 0 Å². The first-order valence-electron chi connectivity index (χ1n) is 7.46. The van der Waals surface area contributed by atoms with Crippen LogP contribution < -0.4 is 16.0 Å². The number of nitrogens with one attached hydrogen (secondary N) is 1. The molecule has 0 aliphatic carbocycles. The van der Waals surface area contributed by atoms with Crippen molar-refractivity contribution >= 4 is 11.5 Å². The molecule has 1 aromatic carbocycles. The van der Waals surface area contributed by atoms with Crippen molar-refractivity contribution in [3.63, 3.8) is 0 Å². The fourth-order valence-corrected chi connectivity index (χ4v) is 2.54. The molecular weight excluding hydrogens is 324 g/mol. The number of anilines is 1. The number of nitrogen functional groups attached to an aromatic ring is 1. The molecule has 0 saturated carbocycles. The van der Waals surface area contributed by atoms with Gasteiger partial charge in [0, 0.05) is 5.56 Å². The van der Waals surface area contributed by atoms with Crippen LogP contribution in [-0.2, 0) is 6.42 Å². The Bertz CT molecular complexity index is 1100. The number of fused-ring (bicyclic) bond motifs is 1. The van der Waals surface area contributed by atoms with Gasteiger partial charge in [0.05, 0.1) is 25.5 Å². The SMILES string of the molecule is COc1ccc(-c2nnc3[nH]c(=O)c(Cc4ccco4)nn23)cc1N. The third-order valence-corrected chi connectivity index (χ3v) is 3.76. The summed E-state index contributed by atoms with van der Waals surface area (Å²) in [6.45, 7) is 0. The van der Waals surface area contributed by atoms with Crippen molar-refractivity contribution < 1.29 is 9.15 Å². The van der Waals surface area contributed by atoms with Gasteiger partial charge in [0.1, 0.15) is 17.2 Å². The number of nitrogens with two attached hydrogens (primary N) is 1. The third-order valence-electron chi connectivity index (χ3n) is 3.76. The lowest BCUT2D eigenvalue weighted by molar-refractivity contribution is 0.417. The van der Waals surface area contributed by atoms with Gasteiger partial charge in [-0.3, -0.25) is 9.78 Å². The molecule has 25 heavy (non-hydrogen) atoms. The van der Waals surface area contributed by atoms with Gasteiger partial charge in [-0.05, 0) is 30.3 Å². The average molecular weight is 338 g/mol. The lowest BCUT2D eigenvalue weighted by Crippen LogP contribution is -2.19. The molecule has 0 radical (unpaired) electrons. The first-order chi connectivity index (χ1) is 12.2. The van der Waals surface area contributed by atoms with Crippen molar-refractivity contribution in [2.75, 3.05) is 12.8 Å². The van der Waals surface area contributed by atoms with Crippen molar-refractivity contribution in [3.05, 3.63) is 58.4 Å². The zero-order valence-corrected chi connectivity index (χ0v) is 13.3. The number of aromatic amines is 1. The lowest BCUT2D eigenvalue weighted by atomic mass is 10.2. The molecule has 0 unspecified atom stereocenters. The molecule has 0 aliphatic heterocycles. The summed E-state index contributed by atoms with van der Waals surface area (Å²) in [7, 11) is 1.55. The Kier molecular flexibility index (Phi) is 3.46. The minimum absolute atomic E-state index is 0.248. The minimum atomic E-state index is -0.336. The van der Waals surface area contributed by atoms with Gasteiger partial charge in [-0.25, -0.2) is 0 Å². The Labute approximate surface area is 141 Å². The molecule has 4 aromatic rings. The Balaban J connectivity index is 1.82. The van der Waals surface area contributed by atoms with Crippen molar-refractivity contribution in [1.82, 2.24) is 24.8 Å². The Morgan fingerprint density at radius 1 is 1.32 bits per heavy atom. The van der Waals surface area contributed by atoms with Crippen LogP contribution in [0.15, 0.2) is 45.8 Å². The van der Waals surface area contributed by atoms with E-state index >= 15 is 0 Å². The number of nitrogens with zero attached hydrogens (tertiary/aromatic N) is 4. The monoisotopic (exact) mass is 338 g/mol. The van der Waals surface area contributed by atoms with Gasteiger partial charge in [0.25, 0.3) is 11.3 Å². The predicted octanol–water partition coefficient (Wildman–Crippen LogP) is 1.25. The molecule has 126 valence electrons. The molecule has 0 atom stereocenters. The second-order valence-electron chi connectivity index (χ2n) is 5.37. The highest BCUT2D eigenvalue weighted by molar-refractivity contribution is 5.67. The minimum Gasteiger partial charge on any atom is -0.495 e. The van der Waals surface area contributed by atoms with E-state index in [1.165, 1.54) is 4.52 Å². The van der Waals surface area contributed by atoms with Gasteiger partial charge in [0.15, 0.2) is 5.82 Å². The normalized spacial score (nSPS) is 11.1. The summed E-state index contributed by atoms with van der Waals surface area (Å²) in [6, 6.07) is 8.79. The Morgan fingerprint density at radius 2 is 2.20 bits per heavy atom. The van der Waals surface area contributed by atoms with Crippen LogP contribution in [0.3, 0.4) is 0 Å². The van der Waals surface area contributed by atoms with Gasteiger partial charge >= 0.3 is 0 Å². The fourth-order valence-electron chi connectivity index (χ4n) is 2.54. The first-order valence-corrected chi connectivity index (χ1v) is 7.46. The maximum absolute atomic E-state index is 12.2. The van der Waals surface area contributed by atoms with E-state index < -0.39 is 0 Å². The van der Waals surface area contributed by atoms with Crippen LogP contribution in [-0.4, -0.2) is 31.9 Å². The highest BCUT2D eigenvalue weighted by Crippen LogP contribution is 2.27. The van der Waals surface area contributed by atoms with Crippen LogP contribution in [0.4, 0.5) is 5.69 Å². The van der Waals surface area contributed by atoms with Crippen LogP contribution in [0.5, 0.6) is 5.75 Å². The molecule has 0 bridgehead atoms. The summed E-state index contributed by atoms with van der Waals surface area (Å²) in [4.78, 5) is 14.8. The van der Waals surface area contributed by atoms with Gasteiger partial charge in [-0.2, -0.15) is 9.61 Å². The number of methoxy groups -OCH3 is 1. The van der Waals surface area contributed by atoms with Gasteiger partial charge < -0.3 is 14.9 Å². The number of rotatable bonds is 4. The van der Waals surface area contributed by atoms with E-state index in [9.17, 15) is 4.79 Å². The van der Waals surface area contributed by atoms with E-state index in [4.69, 9.17) is 14.9 Å². The molecule has 0 aliphatic rings. The maximum Gasteiger partial charge on any atom is 0.274 e. The molecular formula is C16H14N6O3. The zero-order chi connectivity index (χ0) is 17.4. The number of H-pyrrole nitrogens is 1. The summed E-state index contributed by atoms with van der Waals surface area (Å²) < 4.78 is 11.9. The van der Waals surface area contributed by atoms with E-state index in [1.54, 1.807) is 43.7 Å². The van der Waals surface area contributed by atoms with E-state index in [0.717, 1.165) is 0 Å². The first kappa shape index (κ1) is 14.9. The second kappa shape index (κ2) is 5.78. The Morgan fingerprint density at radius 3 is 2.92 bits per heavy atom. The van der Waals surface area contributed by atoms with Gasteiger partial charge in [-0.15, -0.1) is 10.2 Å². The zero-order valence-electron chi connectivity index (χ0n) is 13.3. The molecule has 3 heterocycles. The number of hydrogen-bond donors (Lipinski definition) is 2. The molecule has 9 heteroatoms. The second-order valence-corrected chi connectivity index (χ2v) is 5.37. The summed E-state index contributed by atoms with van der Waals surface area (Å²) in [5.74, 6) is 1.91. The molecule has 0 fully saturated rings. The Hall–Kier alpha value is -3.62. The smallest absolute Gasteiger partial charge is 0.274 e. The van der Waals surface area contributed by atoms with E-state index in [0.29, 0.717) is 34.3 Å². The number of hydrogen-bond acceptors (Lipinski definition) is 7. The lowest BCUT2D eigenvalue weighted by Gasteiger charge is -2.06. The summed E-state index contributed by atoms with van der Waals surface area (Å²) in [6.07, 6.45) is 1.81. The number of furan rings is 1. The van der Waals surface area contributed by atoms with Crippen LogP contribution >= 0.6 is 0 Å². The van der Waals surface area contributed by atoms with Crippen LogP contribution in [0, 0.1) is 0 Å². The van der Waals surface area contributed by atoms with E-state index in [-0.39, 0.29) is 17.8 Å². The highest BCUT2D eigenvalue weighted by Gasteiger charge is 2.15. The van der Waals surface area contributed by atoms with E-state index in [1.807, 2.05) is 0 Å². The molecule has 0 spiro atoms. The van der Waals surface area contributed by atoms with Gasteiger partial charge in [0.2, 0.25) is 0 Å². The molecule has 3 N–H and O–H groups in total. The summed E-state index contributed by atoms with van der Waals surface area (Å²) >= 11 is 0. The van der Waals surface area contributed by atoms with Crippen LogP contribution in [0.1, 0.15) is 11.5 Å². The summed E-state index contributed by atoms with van der Waals surface area (Å²) in [5.41, 5.74) is 7.09. The highest BCUT2D eigenvalue weighted by atomic mass is 16.5. The van der Waals surface area contributed by atoms with E-state index in [2.05, 4.69) is 20.3 Å². The van der Waals surface area contributed by atoms with Crippen molar-refractivity contribution in [3.8, 4) is 17.1 Å². The largest absolute Gasteiger partial charge is 0.495 e. The molecule has 4 rings (SSSR count). The predicted molar refractivity (Wildman–Crippen MR) is 89.3 cm³/mol. The number of aromatic nitrogens is 5. The maximum atomic E-state index is 12.2. The molecule has 0 saturated heterocycles. The topological polar surface area (TPSA) is 124 Å². The van der Waals surface area contributed by atoms with Crippen molar-refractivity contribution in [2.45, 2.75) is 6.42 Å². The quantitative estimate of drug-likeness (QED) is 0.537. The fraction of sp³-hybridized carbons (Fsp3) is 0.125. The number of ether oxygens (including phenoxy) is 1. The number of benzene rings is 1. The summed E-state index contributed by atoms with van der Waals surface area (Å²) in [5, 5.41) is 12.4. The standard InChI is InChI=1S/C16H14N6O3/c1-24-13-5-4-9(7-11(13)17)14-19-20-16-18-15(23)12(21-22(14)16)8-10-3-2-6-25-10/h2-7H,8,17H2,1H3,(H,18,20,23). The van der Waals surface area contributed by atoms with Crippen molar-refractivity contribution in [2.24, 2.45) is 0 Å². The third kappa shape index (κ3) is 2.61. The average Bonchev–Trinajstić information content (AvgIpc) is 3.25. The van der Waals surface area contributed by atoms with Crippen molar-refractivity contribution in [1.29, 1.82) is 0 Å². The van der Waals surface area contributed by atoms with Crippen LogP contribution in [0.25, 0.3) is 17.2 Å².